The van der Waals surface area contributed by atoms with Gasteiger partial charge >= 0.3 is 5.97 Å². The fourth-order valence-electron chi connectivity index (χ4n) is 2.31. The van der Waals surface area contributed by atoms with Crippen LogP contribution < -0.4 is 15.0 Å². The van der Waals surface area contributed by atoms with Crippen molar-refractivity contribution in [2.75, 3.05) is 13.7 Å². The van der Waals surface area contributed by atoms with Crippen molar-refractivity contribution in [1.29, 1.82) is 0 Å². The number of esters is 1. The Morgan fingerprint density at radius 1 is 1.22 bits per heavy atom. The number of rotatable bonds is 8. The molecule has 0 N–H and O–H groups in total. The molecule has 3 rings (SSSR count). The predicted molar refractivity (Wildman–Crippen MR) is 99.4 cm³/mol. The molecule has 0 aliphatic rings. The Labute approximate surface area is 159 Å². The first-order valence-electron chi connectivity index (χ1n) is 8.34. The second kappa shape index (κ2) is 8.63. The largest absolute Gasteiger partial charge is 0.497 e. The number of carbonyl (C=O) groups is 1. The van der Waals surface area contributed by atoms with Gasteiger partial charge in [0, 0.05) is 18.2 Å². The zero-order chi connectivity index (χ0) is 19.2. The summed E-state index contributed by atoms with van der Waals surface area (Å²) in [4.78, 5) is 28.4. The van der Waals surface area contributed by atoms with Gasteiger partial charge < -0.3 is 14.2 Å². The molecule has 0 bridgehead atoms. The van der Waals surface area contributed by atoms with Crippen LogP contribution in [0.3, 0.4) is 0 Å². The second-order valence-electron chi connectivity index (χ2n) is 5.71. The van der Waals surface area contributed by atoms with Crippen LogP contribution in [0.1, 0.15) is 23.5 Å². The van der Waals surface area contributed by atoms with Gasteiger partial charge in [-0.25, -0.2) is 4.98 Å². The number of ether oxygens (including phenoxy) is 3. The minimum Gasteiger partial charge on any atom is -0.497 e. The fourth-order valence-corrected chi connectivity index (χ4v) is 3.17. The van der Waals surface area contributed by atoms with Crippen molar-refractivity contribution in [3.8, 4) is 11.5 Å². The number of fused-ring (bicyclic) bond motifs is 1. The molecule has 3 aromatic rings. The van der Waals surface area contributed by atoms with Crippen molar-refractivity contribution >= 4 is 22.3 Å². The molecule has 0 radical (unpaired) electrons. The highest BCUT2D eigenvalue weighted by Gasteiger charge is 2.10. The first kappa shape index (κ1) is 18.8. The van der Waals surface area contributed by atoms with E-state index in [1.54, 1.807) is 14.0 Å². The summed E-state index contributed by atoms with van der Waals surface area (Å²) < 4.78 is 17.1. The third-order valence-electron chi connectivity index (χ3n) is 3.62. The van der Waals surface area contributed by atoms with Crippen molar-refractivity contribution in [2.24, 2.45) is 0 Å². The maximum Gasteiger partial charge on any atom is 0.306 e. The smallest absolute Gasteiger partial charge is 0.306 e. The summed E-state index contributed by atoms with van der Waals surface area (Å²) in [6, 6.07) is 8.64. The fraction of sp³-hybridized carbons (Fsp3) is 0.333. The molecule has 1 aromatic carbocycles. The molecule has 27 heavy (non-hydrogen) atoms. The Kier molecular flexibility index (Phi) is 6.02. The van der Waals surface area contributed by atoms with Gasteiger partial charge in [-0.3, -0.25) is 9.59 Å². The van der Waals surface area contributed by atoms with E-state index in [-0.39, 0.29) is 24.6 Å². The van der Waals surface area contributed by atoms with Gasteiger partial charge in [-0.2, -0.15) is 9.61 Å². The average molecular weight is 389 g/mol. The third-order valence-corrected chi connectivity index (χ3v) is 4.51. The number of hydrogen-bond donors (Lipinski definition) is 0. The maximum absolute atomic E-state index is 11.8. The first-order chi connectivity index (χ1) is 13.0. The number of hydrogen-bond acceptors (Lipinski definition) is 8. The molecule has 2 heterocycles. The third kappa shape index (κ3) is 5.04. The molecule has 0 spiro atoms. The quantitative estimate of drug-likeness (QED) is 0.431. The summed E-state index contributed by atoms with van der Waals surface area (Å²) in [5, 5.41) is 4.64. The van der Waals surface area contributed by atoms with E-state index in [1.165, 1.54) is 21.9 Å². The van der Waals surface area contributed by atoms with Gasteiger partial charge in [-0.05, 0) is 37.6 Å². The molecule has 9 heteroatoms. The summed E-state index contributed by atoms with van der Waals surface area (Å²) in [5.74, 6) is 1.13. The summed E-state index contributed by atoms with van der Waals surface area (Å²) in [5.41, 5.74) is 0.381. The second-order valence-corrected chi connectivity index (χ2v) is 6.75. The van der Waals surface area contributed by atoms with E-state index in [0.29, 0.717) is 34.4 Å². The molecule has 142 valence electrons. The van der Waals surface area contributed by atoms with Gasteiger partial charge in [0.15, 0.2) is 5.01 Å². The molecule has 0 saturated heterocycles. The van der Waals surface area contributed by atoms with Crippen LogP contribution in [0.15, 0.2) is 35.1 Å². The lowest BCUT2D eigenvalue weighted by Gasteiger charge is -2.07. The van der Waals surface area contributed by atoms with Crippen LogP contribution in [0.5, 0.6) is 11.5 Å². The number of carbonyl (C=O) groups excluding carboxylic acids is 1. The van der Waals surface area contributed by atoms with Crippen LogP contribution in [0, 0.1) is 6.92 Å². The lowest BCUT2D eigenvalue weighted by Crippen LogP contribution is -2.14. The molecule has 2 aromatic heterocycles. The van der Waals surface area contributed by atoms with Crippen LogP contribution in [-0.4, -0.2) is 34.3 Å². The molecule has 0 amide bonds. The summed E-state index contributed by atoms with van der Waals surface area (Å²) >= 11 is 1.22. The van der Waals surface area contributed by atoms with E-state index < -0.39 is 0 Å². The van der Waals surface area contributed by atoms with Gasteiger partial charge in [-0.15, -0.1) is 0 Å². The molecule has 0 unspecified atom stereocenters. The van der Waals surface area contributed by atoms with Gasteiger partial charge in [0.2, 0.25) is 4.96 Å². The van der Waals surface area contributed by atoms with E-state index in [9.17, 15) is 9.59 Å². The van der Waals surface area contributed by atoms with Gasteiger partial charge in [0.1, 0.15) is 18.1 Å². The maximum atomic E-state index is 11.8. The van der Waals surface area contributed by atoms with Crippen LogP contribution in [0.4, 0.5) is 0 Å². The van der Waals surface area contributed by atoms with Crippen molar-refractivity contribution in [3.63, 3.8) is 0 Å². The van der Waals surface area contributed by atoms with E-state index in [2.05, 4.69) is 10.1 Å². The minimum atomic E-state index is -0.343. The molecule has 0 aliphatic carbocycles. The average Bonchev–Trinajstić information content (AvgIpc) is 3.07. The van der Waals surface area contributed by atoms with Crippen molar-refractivity contribution in [3.05, 3.63) is 51.4 Å². The Bertz CT molecular complexity index is 981. The first-order valence-corrected chi connectivity index (χ1v) is 9.15. The van der Waals surface area contributed by atoms with E-state index >= 15 is 0 Å². The van der Waals surface area contributed by atoms with Crippen LogP contribution in [0.2, 0.25) is 0 Å². The van der Waals surface area contributed by atoms with Gasteiger partial charge in [0.25, 0.3) is 5.56 Å². The number of benzene rings is 1. The molecule has 0 saturated carbocycles. The van der Waals surface area contributed by atoms with Gasteiger partial charge in [0.05, 0.1) is 13.7 Å². The van der Waals surface area contributed by atoms with Crippen LogP contribution >= 0.6 is 11.3 Å². The molecule has 0 aliphatic heterocycles. The van der Waals surface area contributed by atoms with Crippen LogP contribution in [-0.2, 0) is 16.1 Å². The minimum absolute atomic E-state index is 0.0185. The van der Waals surface area contributed by atoms with Crippen LogP contribution in [0.25, 0.3) is 4.96 Å². The number of methoxy groups -OCH3 is 1. The molecule has 8 nitrogen and oxygen atoms in total. The summed E-state index contributed by atoms with van der Waals surface area (Å²) in [6.45, 7) is 2.17. The van der Waals surface area contributed by atoms with Crippen molar-refractivity contribution in [2.45, 2.75) is 26.4 Å². The zero-order valence-electron chi connectivity index (χ0n) is 15.0. The number of aryl methyl sites for hydroxylation is 1. The van der Waals surface area contributed by atoms with Crippen molar-refractivity contribution in [1.82, 2.24) is 14.6 Å². The standard InChI is InChI=1S/C18H19N3O5S/c1-12-10-16(22)21-18(19-12)27-15(20-21)11-26-17(23)4-3-9-25-14-7-5-13(24-2)6-8-14/h5-8,10H,3-4,9,11H2,1-2H3. The van der Waals surface area contributed by atoms with E-state index in [4.69, 9.17) is 14.2 Å². The summed E-state index contributed by atoms with van der Waals surface area (Å²) in [7, 11) is 1.60. The monoisotopic (exact) mass is 389 g/mol. The molecular formula is C18H19N3O5S. The molecule has 0 atom stereocenters. The normalized spacial score (nSPS) is 10.7. The van der Waals surface area contributed by atoms with Crippen molar-refractivity contribution < 1.29 is 19.0 Å². The Morgan fingerprint density at radius 2 is 1.96 bits per heavy atom. The molecular weight excluding hydrogens is 370 g/mol. The Hall–Kier alpha value is -2.94. The summed E-state index contributed by atoms with van der Waals surface area (Å²) in [6.07, 6.45) is 0.767. The van der Waals surface area contributed by atoms with E-state index in [1.807, 2.05) is 24.3 Å². The Morgan fingerprint density at radius 3 is 2.70 bits per heavy atom. The SMILES string of the molecule is COc1ccc(OCCCC(=O)OCc2nn3c(=O)cc(C)nc3s2)cc1. The zero-order valence-corrected chi connectivity index (χ0v) is 15.8. The topological polar surface area (TPSA) is 92.0 Å². The highest BCUT2D eigenvalue weighted by atomic mass is 32.1. The predicted octanol–water partition coefficient (Wildman–Crippen LogP) is 2.37. The van der Waals surface area contributed by atoms with E-state index in [0.717, 1.165) is 5.75 Å². The highest BCUT2D eigenvalue weighted by Crippen LogP contribution is 2.17. The number of nitrogens with zero attached hydrogens (tertiary/aromatic N) is 3. The molecule has 0 fully saturated rings. The van der Waals surface area contributed by atoms with Gasteiger partial charge in [-0.1, -0.05) is 11.3 Å². The lowest BCUT2D eigenvalue weighted by molar-refractivity contribution is -0.145. The lowest BCUT2D eigenvalue weighted by atomic mass is 10.3. The Balaban J connectivity index is 1.42. The number of aromatic nitrogens is 3. The highest BCUT2D eigenvalue weighted by molar-refractivity contribution is 7.16.